The Hall–Kier alpha value is -1.19. The van der Waals surface area contributed by atoms with Gasteiger partial charge >= 0.3 is 0 Å². The SMILES string of the molecule is Cc1ccc(CNCc2sccc2C)nc1. The van der Waals surface area contributed by atoms with E-state index in [4.69, 9.17) is 0 Å². The monoisotopic (exact) mass is 232 g/mol. The van der Waals surface area contributed by atoms with E-state index in [1.54, 1.807) is 11.3 Å². The highest BCUT2D eigenvalue weighted by Crippen LogP contribution is 2.14. The zero-order valence-corrected chi connectivity index (χ0v) is 10.5. The third-order valence-corrected chi connectivity index (χ3v) is 3.56. The molecule has 0 atom stereocenters. The molecule has 0 aliphatic rings. The Balaban J connectivity index is 1.84. The smallest absolute Gasteiger partial charge is 0.0541 e. The first-order valence-corrected chi connectivity index (χ1v) is 6.29. The number of hydrogen-bond acceptors (Lipinski definition) is 3. The van der Waals surface area contributed by atoms with Gasteiger partial charge < -0.3 is 5.32 Å². The topological polar surface area (TPSA) is 24.9 Å². The fourth-order valence-electron chi connectivity index (χ4n) is 1.49. The van der Waals surface area contributed by atoms with Gasteiger partial charge in [-0.25, -0.2) is 0 Å². The number of aromatic nitrogens is 1. The van der Waals surface area contributed by atoms with Crippen molar-refractivity contribution in [3.05, 3.63) is 51.5 Å². The molecule has 3 heteroatoms. The molecule has 0 aromatic carbocycles. The highest BCUT2D eigenvalue weighted by molar-refractivity contribution is 7.10. The van der Waals surface area contributed by atoms with Crippen LogP contribution in [0.3, 0.4) is 0 Å². The molecule has 0 amide bonds. The Morgan fingerprint density at radius 2 is 2.06 bits per heavy atom. The van der Waals surface area contributed by atoms with E-state index in [2.05, 4.69) is 47.7 Å². The molecule has 1 N–H and O–H groups in total. The van der Waals surface area contributed by atoms with Crippen LogP contribution in [0.2, 0.25) is 0 Å². The Morgan fingerprint density at radius 1 is 1.19 bits per heavy atom. The van der Waals surface area contributed by atoms with Gasteiger partial charge in [0.05, 0.1) is 5.69 Å². The Labute approximate surface area is 100 Å². The second-order valence-electron chi connectivity index (χ2n) is 3.96. The van der Waals surface area contributed by atoms with E-state index in [-0.39, 0.29) is 0 Å². The number of hydrogen-bond donors (Lipinski definition) is 1. The lowest BCUT2D eigenvalue weighted by atomic mass is 10.2. The zero-order chi connectivity index (χ0) is 11.4. The van der Waals surface area contributed by atoms with E-state index in [1.165, 1.54) is 16.0 Å². The van der Waals surface area contributed by atoms with Crippen LogP contribution in [0, 0.1) is 13.8 Å². The maximum Gasteiger partial charge on any atom is 0.0541 e. The Bertz CT molecular complexity index is 445. The molecule has 0 bridgehead atoms. The number of thiophene rings is 1. The van der Waals surface area contributed by atoms with Crippen molar-refractivity contribution in [1.29, 1.82) is 0 Å². The van der Waals surface area contributed by atoms with Crippen molar-refractivity contribution in [1.82, 2.24) is 10.3 Å². The number of nitrogens with one attached hydrogen (secondary N) is 1. The third kappa shape index (κ3) is 2.90. The quantitative estimate of drug-likeness (QED) is 0.876. The molecule has 2 heterocycles. The van der Waals surface area contributed by atoms with Crippen molar-refractivity contribution < 1.29 is 0 Å². The van der Waals surface area contributed by atoms with E-state index in [0.29, 0.717) is 0 Å². The van der Waals surface area contributed by atoms with Gasteiger partial charge in [-0.05, 0) is 42.5 Å². The number of aryl methyl sites for hydroxylation is 2. The molecule has 0 saturated carbocycles. The fraction of sp³-hybridized carbons (Fsp3) is 0.308. The van der Waals surface area contributed by atoms with Gasteiger partial charge in [0.2, 0.25) is 0 Å². The summed E-state index contributed by atoms with van der Waals surface area (Å²) < 4.78 is 0. The van der Waals surface area contributed by atoms with E-state index >= 15 is 0 Å². The third-order valence-electron chi connectivity index (χ3n) is 2.53. The molecule has 0 spiro atoms. The predicted octanol–water partition coefficient (Wildman–Crippen LogP) is 3.05. The lowest BCUT2D eigenvalue weighted by Gasteiger charge is -2.04. The van der Waals surface area contributed by atoms with Gasteiger partial charge in [-0.3, -0.25) is 4.98 Å². The van der Waals surface area contributed by atoms with Crippen molar-refractivity contribution in [3.8, 4) is 0 Å². The van der Waals surface area contributed by atoms with Crippen LogP contribution in [-0.2, 0) is 13.1 Å². The zero-order valence-electron chi connectivity index (χ0n) is 9.66. The molecule has 0 fully saturated rings. The fourth-order valence-corrected chi connectivity index (χ4v) is 2.37. The maximum absolute atomic E-state index is 4.36. The molecular weight excluding hydrogens is 216 g/mol. The Morgan fingerprint density at radius 3 is 2.69 bits per heavy atom. The van der Waals surface area contributed by atoms with Gasteiger partial charge in [-0.1, -0.05) is 6.07 Å². The van der Waals surface area contributed by atoms with Gasteiger partial charge in [0.15, 0.2) is 0 Å². The van der Waals surface area contributed by atoms with Crippen LogP contribution in [0.15, 0.2) is 29.8 Å². The second kappa shape index (κ2) is 5.23. The summed E-state index contributed by atoms with van der Waals surface area (Å²) in [6, 6.07) is 6.33. The van der Waals surface area contributed by atoms with Gasteiger partial charge in [0, 0.05) is 24.2 Å². The van der Waals surface area contributed by atoms with Gasteiger partial charge in [-0.15, -0.1) is 11.3 Å². The minimum absolute atomic E-state index is 0.831. The van der Waals surface area contributed by atoms with Crippen LogP contribution in [0.1, 0.15) is 21.7 Å². The minimum Gasteiger partial charge on any atom is -0.306 e. The van der Waals surface area contributed by atoms with Gasteiger partial charge in [-0.2, -0.15) is 0 Å². The van der Waals surface area contributed by atoms with Crippen LogP contribution in [0.4, 0.5) is 0 Å². The van der Waals surface area contributed by atoms with E-state index < -0.39 is 0 Å². The van der Waals surface area contributed by atoms with Crippen molar-refractivity contribution >= 4 is 11.3 Å². The van der Waals surface area contributed by atoms with Crippen LogP contribution < -0.4 is 5.32 Å². The first-order chi connectivity index (χ1) is 7.75. The summed E-state index contributed by atoms with van der Waals surface area (Å²) in [4.78, 5) is 5.77. The Kier molecular flexibility index (Phi) is 3.70. The summed E-state index contributed by atoms with van der Waals surface area (Å²) in [6.45, 7) is 5.97. The van der Waals surface area contributed by atoms with Crippen LogP contribution in [0.25, 0.3) is 0 Å². The predicted molar refractivity (Wildman–Crippen MR) is 68.6 cm³/mol. The number of pyridine rings is 1. The average molecular weight is 232 g/mol. The van der Waals surface area contributed by atoms with Crippen molar-refractivity contribution in [2.45, 2.75) is 26.9 Å². The van der Waals surface area contributed by atoms with Crippen molar-refractivity contribution in [2.24, 2.45) is 0 Å². The standard InChI is InChI=1S/C13H16N2S/c1-10-3-4-12(15-7-10)8-14-9-13-11(2)5-6-16-13/h3-7,14H,8-9H2,1-2H3. The summed E-state index contributed by atoms with van der Waals surface area (Å²) in [7, 11) is 0. The number of nitrogens with zero attached hydrogens (tertiary/aromatic N) is 1. The van der Waals surface area contributed by atoms with Crippen LogP contribution in [0.5, 0.6) is 0 Å². The van der Waals surface area contributed by atoms with Crippen molar-refractivity contribution in [2.75, 3.05) is 0 Å². The summed E-state index contributed by atoms with van der Waals surface area (Å²) in [6.07, 6.45) is 1.91. The molecule has 16 heavy (non-hydrogen) atoms. The number of rotatable bonds is 4. The minimum atomic E-state index is 0.831. The van der Waals surface area contributed by atoms with Gasteiger partial charge in [0.25, 0.3) is 0 Å². The summed E-state index contributed by atoms with van der Waals surface area (Å²) in [5.74, 6) is 0. The lowest BCUT2D eigenvalue weighted by molar-refractivity contribution is 0.684. The first-order valence-electron chi connectivity index (χ1n) is 5.41. The van der Waals surface area contributed by atoms with E-state index in [1.807, 2.05) is 6.20 Å². The normalized spacial score (nSPS) is 10.6. The molecule has 2 aromatic rings. The van der Waals surface area contributed by atoms with Gasteiger partial charge in [0.1, 0.15) is 0 Å². The van der Waals surface area contributed by atoms with Crippen molar-refractivity contribution in [3.63, 3.8) is 0 Å². The molecule has 0 radical (unpaired) electrons. The maximum atomic E-state index is 4.36. The summed E-state index contributed by atoms with van der Waals surface area (Å²) in [5.41, 5.74) is 3.67. The van der Waals surface area contributed by atoms with E-state index in [0.717, 1.165) is 18.8 Å². The second-order valence-corrected chi connectivity index (χ2v) is 4.96. The largest absolute Gasteiger partial charge is 0.306 e. The average Bonchev–Trinajstić information content (AvgIpc) is 2.68. The summed E-state index contributed by atoms with van der Waals surface area (Å²) in [5, 5.41) is 5.55. The molecule has 84 valence electrons. The van der Waals surface area contributed by atoms with Crippen LogP contribution >= 0.6 is 11.3 Å². The highest BCUT2D eigenvalue weighted by Gasteiger charge is 1.99. The molecule has 0 saturated heterocycles. The van der Waals surface area contributed by atoms with E-state index in [9.17, 15) is 0 Å². The molecule has 0 aliphatic heterocycles. The van der Waals surface area contributed by atoms with Crippen LogP contribution in [-0.4, -0.2) is 4.98 Å². The molecule has 0 aliphatic carbocycles. The molecular formula is C13H16N2S. The molecule has 2 nitrogen and oxygen atoms in total. The molecule has 0 unspecified atom stereocenters. The summed E-state index contributed by atoms with van der Waals surface area (Å²) >= 11 is 1.80. The molecule has 2 rings (SSSR count). The molecule has 2 aromatic heterocycles. The lowest BCUT2D eigenvalue weighted by Crippen LogP contribution is -2.13. The first kappa shape index (κ1) is 11.3. The highest BCUT2D eigenvalue weighted by atomic mass is 32.1.